The van der Waals surface area contributed by atoms with Crippen molar-refractivity contribution in [2.24, 2.45) is 17.4 Å². The molecule has 5 heterocycles. The largest absolute Gasteiger partial charge is 0.443 e. The number of ether oxygens (including phenoxy) is 2. The Kier molecular flexibility index (Phi) is 14.8. The first-order valence-corrected chi connectivity index (χ1v) is 24.9. The standard InChI is InChI=1S/C53H63F5N10O4/c1-6-17-64(5)53-62-42-24-36(38(56)26-47(42)67(53)29-71-48(69)27-59)44-14-13-43(68(44)34-21-39(57)50(40(58)22-34)65-19-15-32(16-20-65)31-9-11-33(54)12-10-31)35-23-41-46(25-37(35)55)66(28-72-52(70)49(60)30(2)3)51(61-41)45-8-7-18-63(45)4/h9-12,21-26,30,32,43-45,49H,6-8,13-20,27-29,59-60H2,1-5H3/t43-,44?,45?,49?/m1/s1. The molecule has 384 valence electrons. The van der Waals surface area contributed by atoms with Crippen molar-refractivity contribution >= 4 is 51.3 Å². The summed E-state index contributed by atoms with van der Waals surface area (Å²) in [5, 5.41) is 0. The third kappa shape index (κ3) is 9.82. The van der Waals surface area contributed by atoms with Crippen molar-refractivity contribution in [3.63, 3.8) is 0 Å². The fourth-order valence-corrected chi connectivity index (χ4v) is 11.0. The highest BCUT2D eigenvalue weighted by molar-refractivity contribution is 5.81. The Balaban J connectivity index is 1.13. The van der Waals surface area contributed by atoms with Crippen molar-refractivity contribution in [2.45, 2.75) is 109 Å². The van der Waals surface area contributed by atoms with Crippen LogP contribution >= 0.6 is 0 Å². The Morgan fingerprint density at radius 3 is 1.93 bits per heavy atom. The number of hydrogen-bond donors (Lipinski definition) is 2. The minimum atomic E-state index is -0.868. The first kappa shape index (κ1) is 50.6. The molecular formula is C53H63F5N10O4. The van der Waals surface area contributed by atoms with Gasteiger partial charge in [-0.15, -0.1) is 0 Å². The lowest BCUT2D eigenvalue weighted by molar-refractivity contribution is -0.150. The molecule has 0 amide bonds. The second-order valence-corrected chi connectivity index (χ2v) is 19.8. The fraction of sp³-hybridized carbons (Fsp3) is 0.472. The maximum Gasteiger partial charge on any atom is 0.324 e. The molecule has 4 atom stereocenters. The quantitative estimate of drug-likeness (QED) is 0.0703. The van der Waals surface area contributed by atoms with Gasteiger partial charge in [-0.3, -0.25) is 23.6 Å². The molecule has 3 aliphatic rings. The summed E-state index contributed by atoms with van der Waals surface area (Å²) in [4.78, 5) is 42.5. The predicted octanol–water partition coefficient (Wildman–Crippen LogP) is 9.10. The number of benzene rings is 4. The number of piperidine rings is 1. The summed E-state index contributed by atoms with van der Waals surface area (Å²) in [6.07, 6.45) is 4.14. The van der Waals surface area contributed by atoms with Crippen molar-refractivity contribution in [2.75, 3.05) is 61.5 Å². The smallest absolute Gasteiger partial charge is 0.324 e. The lowest BCUT2D eigenvalue weighted by Gasteiger charge is -2.36. The Labute approximate surface area is 415 Å². The highest BCUT2D eigenvalue weighted by Crippen LogP contribution is 2.50. The van der Waals surface area contributed by atoms with Gasteiger partial charge in [0.1, 0.15) is 35.0 Å². The van der Waals surface area contributed by atoms with E-state index in [-0.39, 0.29) is 79.0 Å². The first-order chi connectivity index (χ1) is 34.6. The van der Waals surface area contributed by atoms with Gasteiger partial charge in [-0.05, 0) is 112 Å². The van der Waals surface area contributed by atoms with Gasteiger partial charge in [0, 0.05) is 55.6 Å². The number of nitrogens with zero attached hydrogens (tertiary/aromatic N) is 8. The number of halogens is 5. The lowest BCUT2D eigenvalue weighted by Crippen LogP contribution is -2.37. The van der Waals surface area contributed by atoms with E-state index in [4.69, 9.17) is 30.9 Å². The van der Waals surface area contributed by atoms with Crippen LogP contribution in [-0.2, 0) is 32.5 Å². The molecule has 19 heteroatoms. The van der Waals surface area contributed by atoms with Gasteiger partial charge >= 0.3 is 11.9 Å². The van der Waals surface area contributed by atoms with Crippen LogP contribution < -0.4 is 26.2 Å². The van der Waals surface area contributed by atoms with E-state index in [0.717, 1.165) is 31.4 Å². The number of esters is 2. The molecule has 3 fully saturated rings. The number of hydrogen-bond acceptors (Lipinski definition) is 12. The van der Waals surface area contributed by atoms with Gasteiger partial charge in [0.2, 0.25) is 5.95 Å². The van der Waals surface area contributed by atoms with Crippen LogP contribution in [0.2, 0.25) is 0 Å². The average Bonchev–Trinajstić information content (AvgIpc) is 4.16. The van der Waals surface area contributed by atoms with Gasteiger partial charge in [-0.1, -0.05) is 32.9 Å². The van der Waals surface area contributed by atoms with Crippen LogP contribution in [-0.4, -0.2) is 88.8 Å². The Morgan fingerprint density at radius 1 is 0.764 bits per heavy atom. The monoisotopic (exact) mass is 998 g/mol. The number of anilines is 3. The summed E-state index contributed by atoms with van der Waals surface area (Å²) in [5.74, 6) is -3.60. The highest BCUT2D eigenvalue weighted by atomic mass is 19.1. The predicted molar refractivity (Wildman–Crippen MR) is 266 cm³/mol. The Bertz CT molecular complexity index is 2930. The van der Waals surface area contributed by atoms with Gasteiger partial charge < -0.3 is 35.6 Å². The van der Waals surface area contributed by atoms with E-state index in [9.17, 15) is 14.0 Å². The summed E-state index contributed by atoms with van der Waals surface area (Å²) in [5.41, 5.74) is 14.4. The number of carbonyl (C=O) groups excluding carboxylic acids is 2. The second kappa shape index (κ2) is 21.0. The maximum atomic E-state index is 17.2. The second-order valence-electron chi connectivity index (χ2n) is 19.8. The van der Waals surface area contributed by atoms with Crippen LogP contribution in [0.1, 0.15) is 112 Å². The van der Waals surface area contributed by atoms with E-state index >= 15 is 17.6 Å². The number of fused-ring (bicyclic) bond motifs is 2. The average molecular weight is 999 g/mol. The molecule has 3 saturated heterocycles. The molecule has 0 saturated carbocycles. The van der Waals surface area contributed by atoms with Gasteiger partial charge in [-0.25, -0.2) is 31.9 Å². The molecular weight excluding hydrogens is 936 g/mol. The van der Waals surface area contributed by atoms with E-state index in [0.29, 0.717) is 66.3 Å². The van der Waals surface area contributed by atoms with Crippen LogP contribution in [0.25, 0.3) is 22.1 Å². The summed E-state index contributed by atoms with van der Waals surface area (Å²) in [7, 11) is 3.80. The third-order valence-corrected chi connectivity index (χ3v) is 14.9. The molecule has 6 aromatic rings. The molecule has 3 unspecified atom stereocenters. The molecule has 0 bridgehead atoms. The zero-order chi connectivity index (χ0) is 51.1. The molecule has 0 aliphatic carbocycles. The number of likely N-dealkylation sites (tertiary alicyclic amines) is 1. The van der Waals surface area contributed by atoms with Crippen LogP contribution in [0.4, 0.5) is 39.3 Å². The zero-order valence-electron chi connectivity index (χ0n) is 41.4. The Hall–Kier alpha value is -6.31. The van der Waals surface area contributed by atoms with Gasteiger partial charge in [0.25, 0.3) is 0 Å². The van der Waals surface area contributed by atoms with Crippen LogP contribution in [0.15, 0.2) is 60.7 Å². The molecule has 2 aromatic heterocycles. The Morgan fingerprint density at radius 2 is 1.36 bits per heavy atom. The van der Waals surface area contributed by atoms with Crippen molar-refractivity contribution in [3.05, 3.63) is 112 Å². The number of carbonyl (C=O) groups is 2. The van der Waals surface area contributed by atoms with E-state index in [1.165, 1.54) is 36.4 Å². The van der Waals surface area contributed by atoms with Gasteiger partial charge in [-0.2, -0.15) is 0 Å². The molecule has 0 radical (unpaired) electrons. The topological polar surface area (TPSA) is 153 Å². The summed E-state index contributed by atoms with van der Waals surface area (Å²) < 4.78 is 96.0. The van der Waals surface area contributed by atoms with E-state index in [1.54, 1.807) is 43.2 Å². The van der Waals surface area contributed by atoms with Gasteiger partial charge in [0.15, 0.2) is 25.1 Å². The van der Waals surface area contributed by atoms with Crippen molar-refractivity contribution < 1.29 is 41.0 Å². The summed E-state index contributed by atoms with van der Waals surface area (Å²) in [6.45, 7) is 6.87. The van der Waals surface area contributed by atoms with Crippen LogP contribution in [0.3, 0.4) is 0 Å². The first-order valence-electron chi connectivity index (χ1n) is 24.9. The summed E-state index contributed by atoms with van der Waals surface area (Å²) in [6, 6.07) is 11.9. The summed E-state index contributed by atoms with van der Waals surface area (Å²) >= 11 is 0. The molecule has 9 rings (SSSR count). The zero-order valence-corrected chi connectivity index (χ0v) is 41.4. The number of aromatic nitrogens is 4. The SMILES string of the molecule is CCCN(C)c1nc2cc(C3CC[C@H](c4cc5nc(C6CCCN6C)n(COC(=O)C(N)C(C)C)c5cc4F)N3c3cc(F)c(N4CCC(c5ccc(F)cc5)CC4)c(F)c3)c(F)cc2n1COC(=O)CN. The number of rotatable bonds is 16. The molecule has 0 spiro atoms. The minimum Gasteiger partial charge on any atom is -0.443 e. The molecule has 4 aromatic carbocycles. The lowest BCUT2D eigenvalue weighted by atomic mass is 9.89. The van der Waals surface area contributed by atoms with Crippen molar-refractivity contribution in [1.82, 2.24) is 24.0 Å². The third-order valence-electron chi connectivity index (χ3n) is 14.9. The van der Waals surface area contributed by atoms with E-state index < -0.39 is 53.3 Å². The maximum absolute atomic E-state index is 17.2. The molecule has 4 N–H and O–H groups in total. The number of imidazole rings is 2. The van der Waals surface area contributed by atoms with E-state index in [1.807, 2.05) is 39.8 Å². The van der Waals surface area contributed by atoms with Crippen LogP contribution in [0, 0.1) is 35.0 Å². The molecule has 3 aliphatic heterocycles. The molecule has 72 heavy (non-hydrogen) atoms. The van der Waals surface area contributed by atoms with Crippen molar-refractivity contribution in [3.8, 4) is 0 Å². The normalized spacial score (nSPS) is 19.3. The van der Waals surface area contributed by atoms with E-state index in [2.05, 4.69) is 4.90 Å². The van der Waals surface area contributed by atoms with Gasteiger partial charge in [0.05, 0.1) is 46.7 Å². The van der Waals surface area contributed by atoms with Crippen LogP contribution in [0.5, 0.6) is 0 Å². The highest BCUT2D eigenvalue weighted by Gasteiger charge is 2.41. The number of nitrogens with two attached hydrogens (primary N) is 2. The van der Waals surface area contributed by atoms with Crippen molar-refractivity contribution in [1.29, 1.82) is 0 Å². The minimum absolute atomic E-state index is 0.0799. The fourth-order valence-electron chi connectivity index (χ4n) is 11.0. The molecule has 14 nitrogen and oxygen atoms in total.